The third-order valence-corrected chi connectivity index (χ3v) is 4.07. The smallest absolute Gasteiger partial charge is 0.234 e. The summed E-state index contributed by atoms with van der Waals surface area (Å²) in [5.41, 5.74) is 3.96. The molecular weight excluding hydrogens is 260 g/mol. The number of benzene rings is 1. The van der Waals surface area contributed by atoms with E-state index in [2.05, 4.69) is 56.1 Å². The van der Waals surface area contributed by atoms with E-state index in [0.717, 1.165) is 13.1 Å². The molecule has 0 radical (unpaired) electrons. The van der Waals surface area contributed by atoms with Crippen LogP contribution in [-0.2, 0) is 11.3 Å². The molecule has 1 fully saturated rings. The van der Waals surface area contributed by atoms with Crippen LogP contribution in [0.5, 0.6) is 0 Å². The Kier molecular flexibility index (Phi) is 5.40. The van der Waals surface area contributed by atoms with Gasteiger partial charge in [0.2, 0.25) is 5.91 Å². The maximum Gasteiger partial charge on any atom is 0.234 e. The average molecular weight is 288 g/mol. The van der Waals surface area contributed by atoms with Crippen molar-refractivity contribution in [1.29, 1.82) is 0 Å². The minimum Gasteiger partial charge on any atom is -0.355 e. The average Bonchev–Trinajstić information content (AvgIpc) is 3.24. The first-order chi connectivity index (χ1) is 9.95. The van der Waals surface area contributed by atoms with Gasteiger partial charge in [-0.25, -0.2) is 0 Å². The van der Waals surface area contributed by atoms with Crippen LogP contribution in [0, 0.1) is 19.8 Å². The molecule has 0 saturated heterocycles. The lowest BCUT2D eigenvalue weighted by Crippen LogP contribution is -2.39. The second kappa shape index (κ2) is 7.08. The Morgan fingerprint density at radius 2 is 2.00 bits per heavy atom. The Hall–Kier alpha value is -1.35. The van der Waals surface area contributed by atoms with E-state index in [9.17, 15) is 4.79 Å². The van der Waals surface area contributed by atoms with Crippen LogP contribution in [0.2, 0.25) is 0 Å². The predicted molar refractivity (Wildman–Crippen MR) is 87.2 cm³/mol. The van der Waals surface area contributed by atoms with Crippen molar-refractivity contribution >= 4 is 5.91 Å². The third-order valence-electron chi connectivity index (χ3n) is 4.07. The summed E-state index contributed by atoms with van der Waals surface area (Å²) >= 11 is 0. The van der Waals surface area contributed by atoms with Gasteiger partial charge in [0.05, 0.1) is 6.54 Å². The molecule has 116 valence electrons. The highest BCUT2D eigenvalue weighted by atomic mass is 16.2. The van der Waals surface area contributed by atoms with Gasteiger partial charge in [-0.05, 0) is 49.3 Å². The summed E-state index contributed by atoms with van der Waals surface area (Å²) in [5.74, 6) is 0.655. The Bertz CT molecular complexity index is 492. The summed E-state index contributed by atoms with van der Waals surface area (Å²) < 4.78 is 0. The number of rotatable bonds is 7. The fourth-order valence-corrected chi connectivity index (χ4v) is 2.45. The van der Waals surface area contributed by atoms with E-state index < -0.39 is 0 Å². The molecule has 1 amide bonds. The van der Waals surface area contributed by atoms with Crippen LogP contribution in [0.3, 0.4) is 0 Å². The lowest BCUT2D eigenvalue weighted by molar-refractivity contribution is -0.122. The highest BCUT2D eigenvalue weighted by molar-refractivity contribution is 5.78. The van der Waals surface area contributed by atoms with Gasteiger partial charge < -0.3 is 5.32 Å². The van der Waals surface area contributed by atoms with Gasteiger partial charge in [-0.1, -0.05) is 32.0 Å². The SMILES string of the molecule is Cc1ccc(CN(CC(=O)NCC(C)C)C2CC2)cc1C. The van der Waals surface area contributed by atoms with E-state index in [4.69, 9.17) is 0 Å². The standard InChI is InChI=1S/C18H28N2O/c1-13(2)10-19-18(21)12-20(17-7-8-17)11-16-6-5-14(3)15(4)9-16/h5-6,9,13,17H,7-8,10-12H2,1-4H3,(H,19,21). The summed E-state index contributed by atoms with van der Waals surface area (Å²) in [4.78, 5) is 14.4. The van der Waals surface area contributed by atoms with Gasteiger partial charge in [0, 0.05) is 19.1 Å². The van der Waals surface area contributed by atoms with Gasteiger partial charge >= 0.3 is 0 Å². The molecule has 0 unspecified atom stereocenters. The van der Waals surface area contributed by atoms with Crippen LogP contribution in [0.25, 0.3) is 0 Å². The summed E-state index contributed by atoms with van der Waals surface area (Å²) in [5, 5.41) is 3.02. The van der Waals surface area contributed by atoms with E-state index in [-0.39, 0.29) is 5.91 Å². The highest BCUT2D eigenvalue weighted by Crippen LogP contribution is 2.28. The van der Waals surface area contributed by atoms with Crippen LogP contribution in [-0.4, -0.2) is 29.9 Å². The topological polar surface area (TPSA) is 32.3 Å². The molecule has 3 heteroatoms. The second-order valence-corrected chi connectivity index (χ2v) is 6.75. The molecular formula is C18H28N2O. The molecule has 1 saturated carbocycles. The van der Waals surface area contributed by atoms with Gasteiger partial charge in [0.1, 0.15) is 0 Å². The van der Waals surface area contributed by atoms with Crippen molar-refractivity contribution in [3.63, 3.8) is 0 Å². The number of amides is 1. The third kappa shape index (κ3) is 5.16. The molecule has 1 aromatic rings. The van der Waals surface area contributed by atoms with Crippen LogP contribution in [0.4, 0.5) is 0 Å². The number of nitrogens with zero attached hydrogens (tertiary/aromatic N) is 1. The molecule has 0 bridgehead atoms. The first kappa shape index (κ1) is 16.0. The lowest BCUT2D eigenvalue weighted by atomic mass is 10.1. The molecule has 21 heavy (non-hydrogen) atoms. The number of aryl methyl sites for hydroxylation is 2. The van der Waals surface area contributed by atoms with Crippen molar-refractivity contribution in [2.45, 2.75) is 53.1 Å². The van der Waals surface area contributed by atoms with E-state index in [1.54, 1.807) is 0 Å². The summed E-state index contributed by atoms with van der Waals surface area (Å²) in [6.07, 6.45) is 2.45. The Morgan fingerprint density at radius 3 is 2.57 bits per heavy atom. The Morgan fingerprint density at radius 1 is 1.29 bits per heavy atom. The van der Waals surface area contributed by atoms with Crippen LogP contribution >= 0.6 is 0 Å². The molecule has 0 aromatic heterocycles. The van der Waals surface area contributed by atoms with Gasteiger partial charge in [0.15, 0.2) is 0 Å². The van der Waals surface area contributed by atoms with Crippen molar-refractivity contribution in [2.75, 3.05) is 13.1 Å². The maximum atomic E-state index is 12.0. The fourth-order valence-electron chi connectivity index (χ4n) is 2.45. The summed E-state index contributed by atoms with van der Waals surface area (Å²) in [6, 6.07) is 7.20. The van der Waals surface area contributed by atoms with Gasteiger partial charge in [-0.15, -0.1) is 0 Å². The van der Waals surface area contributed by atoms with Crippen molar-refractivity contribution in [2.24, 2.45) is 5.92 Å². The van der Waals surface area contributed by atoms with E-state index >= 15 is 0 Å². The lowest BCUT2D eigenvalue weighted by Gasteiger charge is -2.22. The van der Waals surface area contributed by atoms with Crippen molar-refractivity contribution in [1.82, 2.24) is 10.2 Å². The van der Waals surface area contributed by atoms with E-state index in [0.29, 0.717) is 18.5 Å². The van der Waals surface area contributed by atoms with Crippen molar-refractivity contribution in [3.05, 3.63) is 34.9 Å². The Balaban J connectivity index is 1.93. The summed E-state index contributed by atoms with van der Waals surface area (Å²) in [6.45, 7) is 10.7. The van der Waals surface area contributed by atoms with Gasteiger partial charge in [-0.3, -0.25) is 9.69 Å². The zero-order chi connectivity index (χ0) is 15.4. The number of hydrogen-bond acceptors (Lipinski definition) is 2. The zero-order valence-corrected chi connectivity index (χ0v) is 13.8. The molecule has 1 aromatic carbocycles. The predicted octanol–water partition coefficient (Wildman–Crippen LogP) is 3.04. The van der Waals surface area contributed by atoms with Crippen LogP contribution in [0.1, 0.15) is 43.4 Å². The van der Waals surface area contributed by atoms with E-state index in [1.807, 2.05) is 0 Å². The minimum atomic E-state index is 0.152. The summed E-state index contributed by atoms with van der Waals surface area (Å²) in [7, 11) is 0. The van der Waals surface area contributed by atoms with Gasteiger partial charge in [0.25, 0.3) is 0 Å². The second-order valence-electron chi connectivity index (χ2n) is 6.75. The van der Waals surface area contributed by atoms with Crippen LogP contribution in [0.15, 0.2) is 18.2 Å². The van der Waals surface area contributed by atoms with Crippen molar-refractivity contribution in [3.8, 4) is 0 Å². The molecule has 0 aliphatic heterocycles. The maximum absolute atomic E-state index is 12.0. The molecule has 1 N–H and O–H groups in total. The number of carbonyl (C=O) groups is 1. The fraction of sp³-hybridized carbons (Fsp3) is 0.611. The zero-order valence-electron chi connectivity index (χ0n) is 13.8. The van der Waals surface area contributed by atoms with Crippen LogP contribution < -0.4 is 5.32 Å². The van der Waals surface area contributed by atoms with E-state index in [1.165, 1.54) is 29.5 Å². The Labute approximate surface area is 128 Å². The molecule has 0 heterocycles. The molecule has 0 atom stereocenters. The number of carbonyl (C=O) groups excluding carboxylic acids is 1. The minimum absolute atomic E-state index is 0.152. The normalized spacial score (nSPS) is 14.8. The molecule has 0 spiro atoms. The van der Waals surface area contributed by atoms with Crippen molar-refractivity contribution < 1.29 is 4.79 Å². The monoisotopic (exact) mass is 288 g/mol. The molecule has 1 aliphatic carbocycles. The molecule has 1 aliphatic rings. The first-order valence-corrected chi connectivity index (χ1v) is 8.02. The number of hydrogen-bond donors (Lipinski definition) is 1. The highest BCUT2D eigenvalue weighted by Gasteiger charge is 2.30. The van der Waals surface area contributed by atoms with Gasteiger partial charge in [-0.2, -0.15) is 0 Å². The largest absolute Gasteiger partial charge is 0.355 e. The molecule has 3 nitrogen and oxygen atoms in total. The number of nitrogens with one attached hydrogen (secondary N) is 1. The quantitative estimate of drug-likeness (QED) is 0.836. The molecule has 2 rings (SSSR count). The first-order valence-electron chi connectivity index (χ1n) is 8.02.